The molecule has 1 aromatic rings. The van der Waals surface area contributed by atoms with Crippen LogP contribution in [0, 0.1) is 0 Å². The molecule has 3 nitrogen and oxygen atoms in total. The van der Waals surface area contributed by atoms with Gasteiger partial charge in [0.1, 0.15) is 6.04 Å². The third kappa shape index (κ3) is 1.95. The van der Waals surface area contributed by atoms with Crippen molar-refractivity contribution in [3.63, 3.8) is 0 Å². The number of likely N-dealkylation sites (N-methyl/N-ethyl adjacent to an activating group) is 1. The molecule has 16 heavy (non-hydrogen) atoms. The number of amides is 1. The molecule has 1 unspecified atom stereocenters. The van der Waals surface area contributed by atoms with Gasteiger partial charge in [-0.2, -0.15) is 0 Å². The van der Waals surface area contributed by atoms with Crippen LogP contribution in [0.2, 0.25) is 0 Å². The highest BCUT2D eigenvalue weighted by atomic mass is 16.2. The van der Waals surface area contributed by atoms with E-state index in [9.17, 15) is 4.79 Å². The fraction of sp³-hybridized carbons (Fsp3) is 0.462. The van der Waals surface area contributed by atoms with E-state index in [1.54, 1.807) is 0 Å². The van der Waals surface area contributed by atoms with E-state index in [1.807, 2.05) is 13.0 Å². The summed E-state index contributed by atoms with van der Waals surface area (Å²) in [5.41, 5.74) is 3.36. The van der Waals surface area contributed by atoms with Crippen LogP contribution in [0.5, 0.6) is 0 Å². The number of benzene rings is 1. The first-order chi connectivity index (χ1) is 7.76. The van der Waals surface area contributed by atoms with Crippen molar-refractivity contribution in [2.24, 2.45) is 0 Å². The van der Waals surface area contributed by atoms with Crippen molar-refractivity contribution in [2.75, 3.05) is 11.9 Å². The molecule has 0 aliphatic carbocycles. The van der Waals surface area contributed by atoms with Crippen molar-refractivity contribution in [1.82, 2.24) is 5.32 Å². The molecule has 0 spiro atoms. The number of aryl methyl sites for hydroxylation is 1. The maximum Gasteiger partial charge on any atom is 0.246 e. The normalized spacial score (nSPS) is 18.4. The summed E-state index contributed by atoms with van der Waals surface area (Å²) >= 11 is 0. The Morgan fingerprint density at radius 1 is 1.38 bits per heavy atom. The van der Waals surface area contributed by atoms with Gasteiger partial charge in [-0.3, -0.25) is 4.79 Å². The first-order valence-corrected chi connectivity index (χ1v) is 5.93. The lowest BCUT2D eigenvalue weighted by atomic mass is 10.0. The summed E-state index contributed by atoms with van der Waals surface area (Å²) in [5, 5.41) is 6.11. The Morgan fingerprint density at radius 3 is 2.88 bits per heavy atom. The fourth-order valence-electron chi connectivity index (χ4n) is 2.16. The Morgan fingerprint density at radius 2 is 2.19 bits per heavy atom. The van der Waals surface area contributed by atoms with Crippen LogP contribution in [-0.4, -0.2) is 12.5 Å². The van der Waals surface area contributed by atoms with Crippen LogP contribution in [0.1, 0.15) is 37.4 Å². The molecule has 86 valence electrons. The second kappa shape index (κ2) is 4.66. The van der Waals surface area contributed by atoms with Crippen molar-refractivity contribution in [3.05, 3.63) is 29.3 Å². The van der Waals surface area contributed by atoms with Crippen molar-refractivity contribution < 1.29 is 4.79 Å². The van der Waals surface area contributed by atoms with E-state index >= 15 is 0 Å². The summed E-state index contributed by atoms with van der Waals surface area (Å²) in [5.74, 6) is 0.0606. The molecule has 3 heteroatoms. The minimum absolute atomic E-state index is 0.0606. The smallest absolute Gasteiger partial charge is 0.246 e. The monoisotopic (exact) mass is 218 g/mol. The van der Waals surface area contributed by atoms with Gasteiger partial charge < -0.3 is 10.6 Å². The molecular weight excluding hydrogens is 200 g/mol. The van der Waals surface area contributed by atoms with Crippen molar-refractivity contribution in [2.45, 2.75) is 32.7 Å². The number of nitrogens with one attached hydrogen (secondary N) is 2. The van der Waals surface area contributed by atoms with Gasteiger partial charge in [0.15, 0.2) is 0 Å². The van der Waals surface area contributed by atoms with Gasteiger partial charge in [-0.1, -0.05) is 32.4 Å². The lowest BCUT2D eigenvalue weighted by Gasteiger charge is -2.10. The summed E-state index contributed by atoms with van der Waals surface area (Å²) in [6, 6.07) is 6.08. The minimum atomic E-state index is -0.170. The summed E-state index contributed by atoms with van der Waals surface area (Å²) in [6.45, 7) is 4.98. The Hall–Kier alpha value is -1.35. The van der Waals surface area contributed by atoms with Gasteiger partial charge in [0.05, 0.1) is 0 Å². The van der Waals surface area contributed by atoms with E-state index in [0.717, 1.165) is 30.6 Å². The van der Waals surface area contributed by atoms with E-state index < -0.39 is 0 Å². The number of carbonyl (C=O) groups excluding carboxylic acids is 1. The van der Waals surface area contributed by atoms with Gasteiger partial charge in [0.2, 0.25) is 5.91 Å². The second-order valence-corrected chi connectivity index (χ2v) is 4.15. The molecule has 0 aromatic heterocycles. The first-order valence-electron chi connectivity index (χ1n) is 5.93. The number of anilines is 1. The van der Waals surface area contributed by atoms with E-state index in [1.165, 1.54) is 5.56 Å². The zero-order valence-electron chi connectivity index (χ0n) is 9.84. The predicted octanol–water partition coefficient (Wildman–Crippen LogP) is 2.24. The van der Waals surface area contributed by atoms with Crippen LogP contribution < -0.4 is 10.6 Å². The Kier molecular flexibility index (Phi) is 3.25. The Bertz CT molecular complexity index is 401. The Labute approximate surface area is 96.2 Å². The highest BCUT2D eigenvalue weighted by molar-refractivity contribution is 6.02. The third-order valence-corrected chi connectivity index (χ3v) is 2.89. The zero-order chi connectivity index (χ0) is 11.5. The van der Waals surface area contributed by atoms with Crippen molar-refractivity contribution >= 4 is 11.6 Å². The van der Waals surface area contributed by atoms with Crippen LogP contribution in [-0.2, 0) is 11.2 Å². The number of rotatable bonds is 4. The highest BCUT2D eigenvalue weighted by Crippen LogP contribution is 2.31. The molecule has 1 aliphatic rings. The zero-order valence-corrected chi connectivity index (χ0v) is 9.84. The molecule has 2 N–H and O–H groups in total. The number of hydrogen-bond donors (Lipinski definition) is 2. The SMILES string of the molecule is CCCc1ccc2c(c1)C(NCC)C(=O)N2. The molecule has 1 heterocycles. The lowest BCUT2D eigenvalue weighted by molar-refractivity contribution is -0.117. The molecule has 0 saturated carbocycles. The van der Waals surface area contributed by atoms with E-state index in [4.69, 9.17) is 0 Å². The summed E-state index contributed by atoms with van der Waals surface area (Å²) < 4.78 is 0. The van der Waals surface area contributed by atoms with Crippen molar-refractivity contribution in [3.8, 4) is 0 Å². The van der Waals surface area contributed by atoms with E-state index in [2.05, 4.69) is 29.7 Å². The van der Waals surface area contributed by atoms with Gasteiger partial charge in [-0.15, -0.1) is 0 Å². The quantitative estimate of drug-likeness (QED) is 0.813. The van der Waals surface area contributed by atoms with Crippen LogP contribution in [0.15, 0.2) is 18.2 Å². The van der Waals surface area contributed by atoms with Gasteiger partial charge in [0, 0.05) is 11.3 Å². The first kappa shape index (κ1) is 11.1. The topological polar surface area (TPSA) is 41.1 Å². The summed E-state index contributed by atoms with van der Waals surface area (Å²) in [6.07, 6.45) is 2.20. The number of carbonyl (C=O) groups is 1. The van der Waals surface area contributed by atoms with E-state index in [0.29, 0.717) is 0 Å². The molecule has 0 radical (unpaired) electrons. The largest absolute Gasteiger partial charge is 0.324 e. The van der Waals surface area contributed by atoms with E-state index in [-0.39, 0.29) is 11.9 Å². The number of hydrogen-bond acceptors (Lipinski definition) is 2. The Balaban J connectivity index is 2.30. The van der Waals surface area contributed by atoms with Gasteiger partial charge in [-0.25, -0.2) is 0 Å². The average molecular weight is 218 g/mol. The molecule has 1 atom stereocenters. The van der Waals surface area contributed by atoms with Gasteiger partial charge >= 0.3 is 0 Å². The molecule has 0 fully saturated rings. The molecule has 1 amide bonds. The van der Waals surface area contributed by atoms with Crippen LogP contribution in [0.25, 0.3) is 0 Å². The highest BCUT2D eigenvalue weighted by Gasteiger charge is 2.29. The molecule has 0 bridgehead atoms. The molecule has 1 aromatic carbocycles. The minimum Gasteiger partial charge on any atom is -0.324 e. The average Bonchev–Trinajstić information content (AvgIpc) is 2.57. The number of fused-ring (bicyclic) bond motifs is 1. The maximum absolute atomic E-state index is 11.7. The standard InChI is InChI=1S/C13H18N2O/c1-3-5-9-6-7-11-10(8-9)12(14-4-2)13(16)15-11/h6-8,12,14H,3-5H2,1-2H3,(H,15,16). The summed E-state index contributed by atoms with van der Waals surface area (Å²) in [4.78, 5) is 11.7. The van der Waals surface area contributed by atoms with Crippen LogP contribution >= 0.6 is 0 Å². The maximum atomic E-state index is 11.7. The van der Waals surface area contributed by atoms with Crippen LogP contribution in [0.4, 0.5) is 5.69 Å². The molecule has 2 rings (SSSR count). The second-order valence-electron chi connectivity index (χ2n) is 4.15. The third-order valence-electron chi connectivity index (χ3n) is 2.89. The van der Waals surface area contributed by atoms with Gasteiger partial charge in [-0.05, 0) is 24.6 Å². The molecular formula is C13H18N2O. The van der Waals surface area contributed by atoms with Gasteiger partial charge in [0.25, 0.3) is 0 Å². The van der Waals surface area contributed by atoms with Crippen LogP contribution in [0.3, 0.4) is 0 Å². The summed E-state index contributed by atoms with van der Waals surface area (Å²) in [7, 11) is 0. The molecule has 0 saturated heterocycles. The molecule has 1 aliphatic heterocycles. The van der Waals surface area contributed by atoms with Crippen molar-refractivity contribution in [1.29, 1.82) is 0 Å². The predicted molar refractivity (Wildman–Crippen MR) is 65.5 cm³/mol. The lowest BCUT2D eigenvalue weighted by Crippen LogP contribution is -2.27. The fourth-order valence-corrected chi connectivity index (χ4v) is 2.16.